The minimum Gasteiger partial charge on any atom is -0.494 e. The lowest BCUT2D eigenvalue weighted by atomic mass is 9.86. The van der Waals surface area contributed by atoms with E-state index in [0.717, 1.165) is 31.4 Å². The Hall–Kier alpha value is -1.02. The number of hydrogen-bond donors (Lipinski definition) is 1. The summed E-state index contributed by atoms with van der Waals surface area (Å²) in [6, 6.07) is 4.53. The van der Waals surface area contributed by atoms with E-state index in [1.165, 1.54) is 29.5 Å². The summed E-state index contributed by atoms with van der Waals surface area (Å²) < 4.78 is 5.65. The van der Waals surface area contributed by atoms with E-state index in [-0.39, 0.29) is 0 Å². The van der Waals surface area contributed by atoms with Gasteiger partial charge in [0.1, 0.15) is 5.75 Å². The van der Waals surface area contributed by atoms with E-state index < -0.39 is 0 Å². The minimum atomic E-state index is 0.727. The van der Waals surface area contributed by atoms with E-state index in [2.05, 4.69) is 31.3 Å². The Morgan fingerprint density at radius 1 is 1.18 bits per heavy atom. The molecular weight excluding hydrogens is 210 g/mol. The molecule has 2 heteroatoms. The monoisotopic (exact) mass is 233 g/mol. The van der Waals surface area contributed by atoms with Crippen molar-refractivity contribution in [2.24, 2.45) is 0 Å². The molecule has 0 amide bonds. The third-order valence-corrected chi connectivity index (χ3v) is 3.64. The summed E-state index contributed by atoms with van der Waals surface area (Å²) in [5.41, 5.74) is 4.17. The molecule has 0 bridgehead atoms. The standard InChI is InChI=1S/C15H23NO/c1-4-17-15-10-11(2)14(9-12(15)3)13-5-7-16-8-6-13/h9-10,13,16H,4-8H2,1-3H3. The van der Waals surface area contributed by atoms with E-state index in [4.69, 9.17) is 4.74 Å². The predicted octanol–water partition coefficient (Wildman–Crippen LogP) is 3.17. The molecule has 0 spiro atoms. The lowest BCUT2D eigenvalue weighted by molar-refractivity contribution is 0.337. The van der Waals surface area contributed by atoms with Crippen LogP contribution in [0, 0.1) is 13.8 Å². The molecule has 2 nitrogen and oxygen atoms in total. The van der Waals surface area contributed by atoms with Gasteiger partial charge < -0.3 is 10.1 Å². The topological polar surface area (TPSA) is 21.3 Å². The molecule has 1 aromatic carbocycles. The van der Waals surface area contributed by atoms with Gasteiger partial charge in [-0.3, -0.25) is 0 Å². The highest BCUT2D eigenvalue weighted by Crippen LogP contribution is 2.32. The van der Waals surface area contributed by atoms with Gasteiger partial charge in [-0.05, 0) is 75.4 Å². The second kappa shape index (κ2) is 5.54. The van der Waals surface area contributed by atoms with Gasteiger partial charge in [-0.15, -0.1) is 0 Å². The van der Waals surface area contributed by atoms with Gasteiger partial charge in [0.05, 0.1) is 6.61 Å². The van der Waals surface area contributed by atoms with E-state index >= 15 is 0 Å². The molecule has 0 aromatic heterocycles. The zero-order chi connectivity index (χ0) is 12.3. The van der Waals surface area contributed by atoms with Gasteiger partial charge in [-0.2, -0.15) is 0 Å². The Morgan fingerprint density at radius 3 is 2.53 bits per heavy atom. The maximum atomic E-state index is 5.65. The molecule has 1 N–H and O–H groups in total. The number of nitrogens with one attached hydrogen (secondary N) is 1. The summed E-state index contributed by atoms with van der Waals surface area (Å²) in [6.07, 6.45) is 2.52. The zero-order valence-corrected chi connectivity index (χ0v) is 11.2. The Morgan fingerprint density at radius 2 is 1.88 bits per heavy atom. The van der Waals surface area contributed by atoms with Crippen LogP contribution in [0.25, 0.3) is 0 Å². The SMILES string of the molecule is CCOc1cc(C)c(C2CCNCC2)cc1C. The molecule has 0 atom stereocenters. The molecule has 1 aromatic rings. The first-order chi connectivity index (χ1) is 8.22. The minimum absolute atomic E-state index is 0.727. The van der Waals surface area contributed by atoms with Crippen molar-refractivity contribution in [1.82, 2.24) is 5.32 Å². The van der Waals surface area contributed by atoms with Gasteiger partial charge in [0, 0.05) is 0 Å². The van der Waals surface area contributed by atoms with Crippen molar-refractivity contribution in [3.05, 3.63) is 28.8 Å². The summed E-state index contributed by atoms with van der Waals surface area (Å²) in [5.74, 6) is 1.77. The summed E-state index contributed by atoms with van der Waals surface area (Å²) >= 11 is 0. The molecule has 17 heavy (non-hydrogen) atoms. The highest BCUT2D eigenvalue weighted by atomic mass is 16.5. The van der Waals surface area contributed by atoms with Crippen LogP contribution in [0.15, 0.2) is 12.1 Å². The Balaban J connectivity index is 2.25. The van der Waals surface area contributed by atoms with E-state index in [9.17, 15) is 0 Å². The van der Waals surface area contributed by atoms with Crippen LogP contribution in [0.3, 0.4) is 0 Å². The van der Waals surface area contributed by atoms with Gasteiger partial charge >= 0.3 is 0 Å². The van der Waals surface area contributed by atoms with E-state index in [1.807, 2.05) is 6.92 Å². The summed E-state index contributed by atoms with van der Waals surface area (Å²) in [7, 11) is 0. The fraction of sp³-hybridized carbons (Fsp3) is 0.600. The molecule has 0 saturated carbocycles. The van der Waals surface area contributed by atoms with Crippen LogP contribution in [-0.4, -0.2) is 19.7 Å². The molecular formula is C15H23NO. The molecule has 94 valence electrons. The maximum Gasteiger partial charge on any atom is 0.122 e. The summed E-state index contributed by atoms with van der Waals surface area (Å²) in [4.78, 5) is 0. The van der Waals surface area contributed by atoms with E-state index in [1.54, 1.807) is 0 Å². The highest BCUT2D eigenvalue weighted by Gasteiger charge is 2.18. The quantitative estimate of drug-likeness (QED) is 0.866. The molecule has 0 unspecified atom stereocenters. The smallest absolute Gasteiger partial charge is 0.122 e. The molecule has 1 aliphatic rings. The van der Waals surface area contributed by atoms with Crippen molar-refractivity contribution >= 4 is 0 Å². The Kier molecular flexibility index (Phi) is 4.06. The van der Waals surface area contributed by atoms with Crippen LogP contribution >= 0.6 is 0 Å². The zero-order valence-electron chi connectivity index (χ0n) is 11.2. The Labute approximate surface area is 104 Å². The number of aryl methyl sites for hydroxylation is 2. The summed E-state index contributed by atoms with van der Waals surface area (Å²) in [5, 5.41) is 3.43. The van der Waals surface area contributed by atoms with Crippen molar-refractivity contribution < 1.29 is 4.74 Å². The maximum absolute atomic E-state index is 5.65. The first-order valence-corrected chi connectivity index (χ1v) is 6.67. The average molecular weight is 233 g/mol. The number of benzene rings is 1. The highest BCUT2D eigenvalue weighted by molar-refractivity contribution is 5.43. The van der Waals surface area contributed by atoms with Crippen molar-refractivity contribution in [2.45, 2.75) is 39.5 Å². The largest absolute Gasteiger partial charge is 0.494 e. The van der Waals surface area contributed by atoms with Crippen LogP contribution in [0.1, 0.15) is 42.4 Å². The van der Waals surface area contributed by atoms with Crippen molar-refractivity contribution in [3.63, 3.8) is 0 Å². The molecule has 2 rings (SSSR count). The third-order valence-electron chi connectivity index (χ3n) is 3.64. The Bertz CT molecular complexity index is 381. The predicted molar refractivity (Wildman–Crippen MR) is 71.9 cm³/mol. The second-order valence-electron chi connectivity index (χ2n) is 4.93. The number of ether oxygens (including phenoxy) is 1. The number of rotatable bonds is 3. The van der Waals surface area contributed by atoms with Gasteiger partial charge in [0.2, 0.25) is 0 Å². The van der Waals surface area contributed by atoms with Crippen LogP contribution in [0.4, 0.5) is 0 Å². The van der Waals surface area contributed by atoms with Crippen molar-refractivity contribution in [3.8, 4) is 5.75 Å². The fourth-order valence-electron chi connectivity index (χ4n) is 2.70. The first-order valence-electron chi connectivity index (χ1n) is 6.67. The molecule has 1 saturated heterocycles. The number of hydrogen-bond acceptors (Lipinski definition) is 2. The van der Waals surface area contributed by atoms with Crippen molar-refractivity contribution in [1.29, 1.82) is 0 Å². The molecule has 1 heterocycles. The van der Waals surface area contributed by atoms with Gasteiger partial charge in [0.15, 0.2) is 0 Å². The molecule has 0 aliphatic carbocycles. The molecule has 1 fully saturated rings. The third kappa shape index (κ3) is 2.81. The van der Waals surface area contributed by atoms with Crippen LogP contribution in [-0.2, 0) is 0 Å². The van der Waals surface area contributed by atoms with Gasteiger partial charge in [0.25, 0.3) is 0 Å². The number of piperidine rings is 1. The first kappa shape index (κ1) is 12.4. The van der Waals surface area contributed by atoms with Crippen LogP contribution in [0.2, 0.25) is 0 Å². The normalized spacial score (nSPS) is 17.1. The molecule has 1 aliphatic heterocycles. The van der Waals surface area contributed by atoms with Crippen LogP contribution in [0.5, 0.6) is 5.75 Å². The van der Waals surface area contributed by atoms with Crippen molar-refractivity contribution in [2.75, 3.05) is 19.7 Å². The fourth-order valence-corrected chi connectivity index (χ4v) is 2.70. The van der Waals surface area contributed by atoms with Gasteiger partial charge in [-0.25, -0.2) is 0 Å². The second-order valence-corrected chi connectivity index (χ2v) is 4.93. The van der Waals surface area contributed by atoms with E-state index in [0.29, 0.717) is 0 Å². The summed E-state index contributed by atoms with van der Waals surface area (Å²) in [6.45, 7) is 9.43. The average Bonchev–Trinajstić information content (AvgIpc) is 2.35. The lowest BCUT2D eigenvalue weighted by Crippen LogP contribution is -2.27. The molecule has 0 radical (unpaired) electrons. The van der Waals surface area contributed by atoms with Gasteiger partial charge in [-0.1, -0.05) is 6.07 Å². The lowest BCUT2D eigenvalue weighted by Gasteiger charge is -2.25. The van der Waals surface area contributed by atoms with Crippen LogP contribution < -0.4 is 10.1 Å².